The maximum absolute atomic E-state index is 12.7. The number of nitrogens with zero attached hydrogens (tertiary/aromatic N) is 3. The number of amides is 1. The highest BCUT2D eigenvalue weighted by Crippen LogP contribution is 2.27. The fourth-order valence-electron chi connectivity index (χ4n) is 3.10. The second-order valence-corrected chi connectivity index (χ2v) is 9.68. The molecule has 11 heteroatoms. The van der Waals surface area contributed by atoms with Gasteiger partial charge in [0.25, 0.3) is 5.91 Å². The molecule has 0 aromatic heterocycles. The van der Waals surface area contributed by atoms with Crippen LogP contribution in [0, 0.1) is 0 Å². The third kappa shape index (κ3) is 5.82. The van der Waals surface area contributed by atoms with Gasteiger partial charge in [0.1, 0.15) is 0 Å². The summed E-state index contributed by atoms with van der Waals surface area (Å²) in [5, 5.41) is 13.9. The minimum absolute atomic E-state index is 0.0638. The van der Waals surface area contributed by atoms with E-state index in [1.165, 1.54) is 17.6 Å². The summed E-state index contributed by atoms with van der Waals surface area (Å²) in [5.41, 5.74) is 2.83. The SMILES string of the molecule is COc1cccc(C=NNC(=O)CN2CCN(S(=O)(=O)c3ccc(Br)cc3)CC2)c1O. The summed E-state index contributed by atoms with van der Waals surface area (Å²) >= 11 is 3.30. The number of phenols is 1. The Kier molecular flexibility index (Phi) is 7.65. The number of nitrogens with one attached hydrogen (secondary N) is 1. The summed E-state index contributed by atoms with van der Waals surface area (Å²) in [4.78, 5) is 14.3. The van der Waals surface area contributed by atoms with Crippen molar-refractivity contribution >= 4 is 38.1 Å². The van der Waals surface area contributed by atoms with Gasteiger partial charge in [-0.25, -0.2) is 13.8 Å². The number of sulfonamides is 1. The zero-order valence-corrected chi connectivity index (χ0v) is 19.3. The van der Waals surface area contributed by atoms with E-state index in [4.69, 9.17) is 4.74 Å². The lowest BCUT2D eigenvalue weighted by Crippen LogP contribution is -2.50. The van der Waals surface area contributed by atoms with Gasteiger partial charge >= 0.3 is 0 Å². The average Bonchev–Trinajstić information content (AvgIpc) is 2.75. The summed E-state index contributed by atoms with van der Waals surface area (Å²) in [7, 11) is -2.11. The first-order valence-electron chi connectivity index (χ1n) is 9.47. The van der Waals surface area contributed by atoms with Crippen LogP contribution in [0.25, 0.3) is 0 Å². The molecule has 31 heavy (non-hydrogen) atoms. The molecule has 0 unspecified atom stereocenters. The van der Waals surface area contributed by atoms with Crippen LogP contribution in [0.15, 0.2) is 56.9 Å². The zero-order chi connectivity index (χ0) is 22.4. The number of methoxy groups -OCH3 is 1. The van der Waals surface area contributed by atoms with Crippen LogP contribution in [-0.2, 0) is 14.8 Å². The molecular formula is C20H23BrN4O5S. The molecule has 0 spiro atoms. The van der Waals surface area contributed by atoms with E-state index in [-0.39, 0.29) is 23.1 Å². The van der Waals surface area contributed by atoms with Gasteiger partial charge < -0.3 is 9.84 Å². The molecule has 0 radical (unpaired) electrons. The lowest BCUT2D eigenvalue weighted by molar-refractivity contribution is -0.122. The molecule has 2 N–H and O–H groups in total. The van der Waals surface area contributed by atoms with Gasteiger partial charge in [-0.3, -0.25) is 9.69 Å². The van der Waals surface area contributed by atoms with E-state index in [2.05, 4.69) is 26.5 Å². The predicted molar refractivity (Wildman–Crippen MR) is 120 cm³/mol. The Morgan fingerprint density at radius 3 is 2.52 bits per heavy atom. The number of hydrazone groups is 1. The molecule has 0 saturated carbocycles. The smallest absolute Gasteiger partial charge is 0.254 e. The number of piperazine rings is 1. The number of halogens is 1. The van der Waals surface area contributed by atoms with Crippen LogP contribution in [-0.4, -0.2) is 74.7 Å². The largest absolute Gasteiger partial charge is 0.504 e. The van der Waals surface area contributed by atoms with E-state index in [0.29, 0.717) is 37.5 Å². The molecule has 0 atom stereocenters. The van der Waals surface area contributed by atoms with E-state index in [0.717, 1.165) is 4.47 Å². The van der Waals surface area contributed by atoms with Crippen molar-refractivity contribution in [2.75, 3.05) is 39.8 Å². The lowest BCUT2D eigenvalue weighted by Gasteiger charge is -2.33. The second kappa shape index (κ2) is 10.2. The van der Waals surface area contributed by atoms with E-state index < -0.39 is 10.0 Å². The number of hydrogen-bond donors (Lipinski definition) is 2. The highest BCUT2D eigenvalue weighted by Gasteiger charge is 2.28. The van der Waals surface area contributed by atoms with E-state index in [9.17, 15) is 18.3 Å². The Labute approximate surface area is 189 Å². The molecule has 0 bridgehead atoms. The topological polar surface area (TPSA) is 112 Å². The number of carbonyl (C=O) groups is 1. The molecular weight excluding hydrogens is 488 g/mol. The van der Waals surface area contributed by atoms with Crippen molar-refractivity contribution in [3.05, 3.63) is 52.5 Å². The number of hydrogen-bond acceptors (Lipinski definition) is 7. The summed E-state index contributed by atoms with van der Waals surface area (Å²) in [5.74, 6) is -0.0832. The van der Waals surface area contributed by atoms with E-state index >= 15 is 0 Å². The van der Waals surface area contributed by atoms with Crippen molar-refractivity contribution in [1.29, 1.82) is 0 Å². The maximum Gasteiger partial charge on any atom is 0.254 e. The van der Waals surface area contributed by atoms with Crippen LogP contribution < -0.4 is 10.2 Å². The number of phenolic OH excluding ortho intramolecular Hbond substituents is 1. The van der Waals surface area contributed by atoms with Crippen LogP contribution in [0.2, 0.25) is 0 Å². The van der Waals surface area contributed by atoms with Crippen LogP contribution in [0.3, 0.4) is 0 Å². The van der Waals surface area contributed by atoms with Crippen molar-refractivity contribution in [3.8, 4) is 11.5 Å². The fourth-order valence-corrected chi connectivity index (χ4v) is 4.79. The number of benzene rings is 2. The molecule has 0 aliphatic carbocycles. The monoisotopic (exact) mass is 510 g/mol. The molecule has 1 aliphatic heterocycles. The van der Waals surface area contributed by atoms with E-state index in [1.807, 2.05) is 4.90 Å². The van der Waals surface area contributed by atoms with Crippen LogP contribution in [0.1, 0.15) is 5.56 Å². The van der Waals surface area contributed by atoms with Crippen molar-refractivity contribution in [2.24, 2.45) is 5.10 Å². The highest BCUT2D eigenvalue weighted by atomic mass is 79.9. The first-order valence-corrected chi connectivity index (χ1v) is 11.7. The third-order valence-electron chi connectivity index (χ3n) is 4.79. The summed E-state index contributed by atoms with van der Waals surface area (Å²) in [6, 6.07) is 11.5. The quantitative estimate of drug-likeness (QED) is 0.432. The van der Waals surface area contributed by atoms with Crippen molar-refractivity contribution in [2.45, 2.75) is 4.90 Å². The molecule has 2 aromatic carbocycles. The summed E-state index contributed by atoms with van der Waals surface area (Å²) in [6.07, 6.45) is 1.33. The Balaban J connectivity index is 1.49. The number of ether oxygens (including phenoxy) is 1. The standard InChI is InChI=1S/C20H23BrN4O5S/c1-30-18-4-2-3-15(20(18)27)13-22-23-19(26)14-24-9-11-25(12-10-24)31(28,29)17-7-5-16(21)6-8-17/h2-8,13,27H,9-12,14H2,1H3,(H,23,26). The molecule has 1 saturated heterocycles. The van der Waals surface area contributed by atoms with Gasteiger partial charge in [0.05, 0.1) is 24.8 Å². The molecule has 1 amide bonds. The molecule has 3 rings (SSSR count). The zero-order valence-electron chi connectivity index (χ0n) is 16.9. The number of aromatic hydroxyl groups is 1. The Bertz CT molecular complexity index is 1050. The van der Waals surface area contributed by atoms with Crippen LogP contribution in [0.4, 0.5) is 0 Å². The van der Waals surface area contributed by atoms with E-state index in [1.54, 1.807) is 42.5 Å². The highest BCUT2D eigenvalue weighted by molar-refractivity contribution is 9.10. The normalized spacial score (nSPS) is 15.8. The van der Waals surface area contributed by atoms with Gasteiger partial charge in [-0.15, -0.1) is 0 Å². The van der Waals surface area contributed by atoms with Gasteiger partial charge in [-0.2, -0.15) is 9.41 Å². The Morgan fingerprint density at radius 2 is 1.87 bits per heavy atom. The molecule has 1 aliphatic rings. The first kappa shape index (κ1) is 23.2. The average molecular weight is 511 g/mol. The predicted octanol–water partition coefficient (Wildman–Crippen LogP) is 1.62. The van der Waals surface area contributed by atoms with Gasteiger partial charge in [0.15, 0.2) is 11.5 Å². The van der Waals surface area contributed by atoms with Crippen molar-refractivity contribution in [1.82, 2.24) is 14.6 Å². The van der Waals surface area contributed by atoms with Gasteiger partial charge in [0.2, 0.25) is 10.0 Å². The molecule has 1 heterocycles. The maximum atomic E-state index is 12.7. The third-order valence-corrected chi connectivity index (χ3v) is 7.23. The Hall–Kier alpha value is -2.47. The molecule has 2 aromatic rings. The molecule has 166 valence electrons. The first-order chi connectivity index (χ1) is 14.8. The van der Waals surface area contributed by atoms with Crippen molar-refractivity contribution in [3.63, 3.8) is 0 Å². The number of carbonyl (C=O) groups excluding carboxylic acids is 1. The fraction of sp³-hybridized carbons (Fsp3) is 0.300. The minimum Gasteiger partial charge on any atom is -0.504 e. The molecule has 1 fully saturated rings. The number of rotatable bonds is 7. The Morgan fingerprint density at radius 1 is 1.19 bits per heavy atom. The lowest BCUT2D eigenvalue weighted by atomic mass is 10.2. The van der Waals surface area contributed by atoms with Crippen molar-refractivity contribution < 1.29 is 23.1 Å². The van der Waals surface area contributed by atoms with Gasteiger partial charge in [-0.05, 0) is 36.4 Å². The van der Waals surface area contributed by atoms with Crippen LogP contribution in [0.5, 0.6) is 11.5 Å². The van der Waals surface area contributed by atoms with Gasteiger partial charge in [-0.1, -0.05) is 22.0 Å². The summed E-state index contributed by atoms with van der Waals surface area (Å²) in [6.45, 7) is 1.56. The van der Waals surface area contributed by atoms with Gasteiger partial charge in [0, 0.05) is 36.2 Å². The second-order valence-electron chi connectivity index (χ2n) is 6.83. The summed E-state index contributed by atoms with van der Waals surface area (Å²) < 4.78 is 32.7. The number of para-hydroxylation sites is 1. The van der Waals surface area contributed by atoms with Crippen LogP contribution >= 0.6 is 15.9 Å². The molecule has 9 nitrogen and oxygen atoms in total. The minimum atomic E-state index is -3.56.